The average Bonchev–Trinajstić information content (AvgIpc) is 3.38. The number of amides is 2. The minimum absolute atomic E-state index is 0.0499. The number of benzene rings is 1. The highest BCUT2D eigenvalue weighted by molar-refractivity contribution is 5.90. The SMILES string of the molecule is O=C(NC[C@H]1CN(c2ccc(-c3nnc4ncccn34)cc2)C(=O)O1)C1CC1. The van der Waals surface area contributed by atoms with Gasteiger partial charge in [-0.25, -0.2) is 9.78 Å². The Kier molecular flexibility index (Phi) is 3.92. The maximum atomic E-state index is 12.2. The topological polar surface area (TPSA) is 102 Å². The molecule has 9 heteroatoms. The smallest absolute Gasteiger partial charge is 0.414 e. The Morgan fingerprint density at radius 3 is 2.82 bits per heavy atom. The van der Waals surface area contributed by atoms with Gasteiger partial charge in [-0.15, -0.1) is 10.2 Å². The van der Waals surface area contributed by atoms with E-state index < -0.39 is 6.09 Å². The first-order valence-electron chi connectivity index (χ1n) is 9.21. The summed E-state index contributed by atoms with van der Waals surface area (Å²) in [5.41, 5.74) is 1.60. The number of nitrogens with one attached hydrogen (secondary N) is 1. The summed E-state index contributed by atoms with van der Waals surface area (Å²) in [7, 11) is 0. The van der Waals surface area contributed by atoms with Crippen molar-refractivity contribution in [2.75, 3.05) is 18.0 Å². The summed E-state index contributed by atoms with van der Waals surface area (Å²) in [5, 5.41) is 11.1. The van der Waals surface area contributed by atoms with Crippen LogP contribution in [0.2, 0.25) is 0 Å². The molecule has 28 heavy (non-hydrogen) atoms. The molecule has 1 saturated carbocycles. The van der Waals surface area contributed by atoms with Crippen LogP contribution in [0.3, 0.4) is 0 Å². The fraction of sp³-hybridized carbons (Fsp3) is 0.316. The lowest BCUT2D eigenvalue weighted by Crippen LogP contribution is -2.35. The van der Waals surface area contributed by atoms with Crippen molar-refractivity contribution in [3.8, 4) is 11.4 Å². The molecule has 0 bridgehead atoms. The highest BCUT2D eigenvalue weighted by atomic mass is 16.6. The molecular formula is C19H18N6O3. The van der Waals surface area contributed by atoms with Gasteiger partial charge in [0.2, 0.25) is 5.91 Å². The zero-order valence-corrected chi connectivity index (χ0v) is 15.0. The number of carbonyl (C=O) groups is 2. The van der Waals surface area contributed by atoms with Gasteiger partial charge in [0.25, 0.3) is 5.78 Å². The van der Waals surface area contributed by atoms with Crippen LogP contribution in [0.1, 0.15) is 12.8 Å². The fourth-order valence-corrected chi connectivity index (χ4v) is 3.27. The summed E-state index contributed by atoms with van der Waals surface area (Å²) in [5.74, 6) is 1.40. The molecule has 9 nitrogen and oxygen atoms in total. The Hall–Kier alpha value is -3.49. The van der Waals surface area contributed by atoms with E-state index in [1.807, 2.05) is 36.5 Å². The summed E-state index contributed by atoms with van der Waals surface area (Å²) in [6.45, 7) is 0.745. The Morgan fingerprint density at radius 1 is 1.21 bits per heavy atom. The molecule has 1 N–H and O–H groups in total. The number of carbonyl (C=O) groups excluding carboxylic acids is 2. The molecule has 1 saturated heterocycles. The molecule has 2 aromatic heterocycles. The van der Waals surface area contributed by atoms with Crippen molar-refractivity contribution in [2.24, 2.45) is 5.92 Å². The van der Waals surface area contributed by atoms with E-state index in [1.54, 1.807) is 15.5 Å². The van der Waals surface area contributed by atoms with Crippen LogP contribution in [0.15, 0.2) is 42.7 Å². The minimum Gasteiger partial charge on any atom is -0.442 e. The van der Waals surface area contributed by atoms with Crippen LogP contribution < -0.4 is 10.2 Å². The van der Waals surface area contributed by atoms with Gasteiger partial charge in [0.1, 0.15) is 6.10 Å². The maximum Gasteiger partial charge on any atom is 0.414 e. The second kappa shape index (κ2) is 6.59. The van der Waals surface area contributed by atoms with Gasteiger partial charge in [0.15, 0.2) is 5.82 Å². The van der Waals surface area contributed by atoms with E-state index in [1.165, 1.54) is 0 Å². The molecule has 1 atom stereocenters. The standard InChI is InChI=1S/C19H18N6O3/c26-17(13-2-3-13)21-10-15-11-25(19(27)28-15)14-6-4-12(5-7-14)16-22-23-18-20-8-1-9-24(16)18/h1,4-9,13,15H,2-3,10-11H2,(H,21,26)/t15-/m0/s1. The molecule has 1 aliphatic heterocycles. The van der Waals surface area contributed by atoms with E-state index in [9.17, 15) is 9.59 Å². The highest BCUT2D eigenvalue weighted by Gasteiger charge is 2.34. The second-order valence-corrected chi connectivity index (χ2v) is 7.00. The number of fused-ring (bicyclic) bond motifs is 1. The van der Waals surface area contributed by atoms with E-state index in [-0.39, 0.29) is 17.9 Å². The summed E-state index contributed by atoms with van der Waals surface area (Å²) in [6, 6.07) is 9.28. The lowest BCUT2D eigenvalue weighted by Gasteiger charge is -2.13. The largest absolute Gasteiger partial charge is 0.442 e. The monoisotopic (exact) mass is 378 g/mol. The van der Waals surface area contributed by atoms with Crippen molar-refractivity contribution in [3.05, 3.63) is 42.7 Å². The molecule has 142 valence electrons. The van der Waals surface area contributed by atoms with Gasteiger partial charge in [-0.1, -0.05) is 0 Å². The van der Waals surface area contributed by atoms with E-state index in [2.05, 4.69) is 20.5 Å². The van der Waals surface area contributed by atoms with Crippen molar-refractivity contribution in [1.82, 2.24) is 24.9 Å². The molecule has 2 amide bonds. The fourth-order valence-electron chi connectivity index (χ4n) is 3.27. The number of ether oxygens (including phenoxy) is 1. The van der Waals surface area contributed by atoms with Gasteiger partial charge in [0.05, 0.1) is 13.1 Å². The molecule has 0 unspecified atom stereocenters. The van der Waals surface area contributed by atoms with E-state index in [4.69, 9.17) is 4.74 Å². The zero-order valence-electron chi connectivity index (χ0n) is 15.0. The van der Waals surface area contributed by atoms with Crippen molar-refractivity contribution in [3.63, 3.8) is 0 Å². The van der Waals surface area contributed by atoms with Crippen LogP contribution >= 0.6 is 0 Å². The van der Waals surface area contributed by atoms with Gasteiger partial charge in [0, 0.05) is 29.6 Å². The number of hydrogen-bond acceptors (Lipinski definition) is 6. The quantitative estimate of drug-likeness (QED) is 0.724. The molecule has 3 aromatic rings. The minimum atomic E-state index is -0.407. The number of nitrogens with zero attached hydrogens (tertiary/aromatic N) is 5. The number of rotatable bonds is 5. The lowest BCUT2D eigenvalue weighted by molar-refractivity contribution is -0.122. The van der Waals surface area contributed by atoms with Gasteiger partial charge >= 0.3 is 6.09 Å². The number of aromatic nitrogens is 4. The third kappa shape index (κ3) is 3.04. The molecule has 1 aromatic carbocycles. The third-order valence-electron chi connectivity index (χ3n) is 4.95. The Labute approximate surface area is 160 Å². The van der Waals surface area contributed by atoms with Crippen LogP contribution in [0.5, 0.6) is 0 Å². The summed E-state index contributed by atoms with van der Waals surface area (Å²) < 4.78 is 7.18. The van der Waals surface area contributed by atoms with Crippen molar-refractivity contribution in [2.45, 2.75) is 18.9 Å². The molecule has 0 radical (unpaired) electrons. The predicted molar refractivity (Wildman–Crippen MR) is 99.6 cm³/mol. The Balaban J connectivity index is 1.29. The van der Waals surface area contributed by atoms with Gasteiger partial charge in [-0.05, 0) is 43.2 Å². The van der Waals surface area contributed by atoms with Crippen LogP contribution in [0.25, 0.3) is 17.2 Å². The summed E-state index contributed by atoms with van der Waals surface area (Å²) in [6.07, 6.45) is 4.67. The van der Waals surface area contributed by atoms with Crippen molar-refractivity contribution >= 4 is 23.5 Å². The highest BCUT2D eigenvalue weighted by Crippen LogP contribution is 2.29. The summed E-state index contributed by atoms with van der Waals surface area (Å²) in [4.78, 5) is 29.7. The molecule has 1 aliphatic carbocycles. The van der Waals surface area contributed by atoms with Gasteiger partial charge in [-0.2, -0.15) is 0 Å². The first kappa shape index (κ1) is 16.7. The van der Waals surface area contributed by atoms with Crippen LogP contribution in [0, 0.1) is 5.92 Å². The second-order valence-electron chi connectivity index (χ2n) is 7.00. The average molecular weight is 378 g/mol. The predicted octanol–water partition coefficient (Wildman–Crippen LogP) is 1.64. The Morgan fingerprint density at radius 2 is 2.04 bits per heavy atom. The van der Waals surface area contributed by atoms with E-state index >= 15 is 0 Å². The lowest BCUT2D eigenvalue weighted by atomic mass is 10.2. The van der Waals surface area contributed by atoms with Crippen LogP contribution in [0.4, 0.5) is 10.5 Å². The molecule has 3 heterocycles. The third-order valence-corrected chi connectivity index (χ3v) is 4.95. The van der Waals surface area contributed by atoms with E-state index in [0.717, 1.165) is 24.1 Å². The van der Waals surface area contributed by atoms with Crippen LogP contribution in [-0.2, 0) is 9.53 Å². The normalized spacial score (nSPS) is 19.1. The molecule has 2 fully saturated rings. The zero-order chi connectivity index (χ0) is 19.1. The van der Waals surface area contributed by atoms with E-state index in [0.29, 0.717) is 24.7 Å². The number of anilines is 1. The Bertz CT molecular complexity index is 1040. The maximum absolute atomic E-state index is 12.2. The number of cyclic esters (lactones) is 1. The van der Waals surface area contributed by atoms with Crippen molar-refractivity contribution < 1.29 is 14.3 Å². The molecule has 5 rings (SSSR count). The van der Waals surface area contributed by atoms with Gasteiger partial charge in [-0.3, -0.25) is 14.1 Å². The first-order chi connectivity index (χ1) is 13.7. The number of hydrogen-bond donors (Lipinski definition) is 1. The van der Waals surface area contributed by atoms with Crippen molar-refractivity contribution in [1.29, 1.82) is 0 Å². The van der Waals surface area contributed by atoms with Gasteiger partial charge < -0.3 is 10.1 Å². The summed E-state index contributed by atoms with van der Waals surface area (Å²) >= 11 is 0. The molecular weight excluding hydrogens is 360 g/mol. The molecule has 2 aliphatic rings. The first-order valence-corrected chi connectivity index (χ1v) is 9.21. The van der Waals surface area contributed by atoms with Crippen LogP contribution in [-0.4, -0.2) is 50.8 Å². The molecule has 0 spiro atoms.